The minimum absolute atomic E-state index is 0.0934. The molecule has 2 aliphatic rings. The van der Waals surface area contributed by atoms with Gasteiger partial charge in [-0.2, -0.15) is 13.2 Å². The fourth-order valence-electron chi connectivity index (χ4n) is 2.38. The van der Waals surface area contributed by atoms with Crippen LogP contribution < -0.4 is 11.1 Å². The smallest absolute Gasteiger partial charge is 0.320 e. The molecule has 0 radical (unpaired) electrons. The molecule has 0 saturated heterocycles. The summed E-state index contributed by atoms with van der Waals surface area (Å²) in [4.78, 5) is 0. The Balaban J connectivity index is 1.66. The van der Waals surface area contributed by atoms with E-state index in [-0.39, 0.29) is 12.1 Å². The van der Waals surface area contributed by atoms with Gasteiger partial charge in [0.2, 0.25) is 0 Å². The Morgan fingerprint density at radius 2 is 1.56 bits per heavy atom. The third-order valence-electron chi connectivity index (χ3n) is 3.61. The van der Waals surface area contributed by atoms with Crippen molar-refractivity contribution in [1.29, 1.82) is 0 Å². The second-order valence-corrected chi connectivity index (χ2v) is 4.93. The first-order valence-electron chi connectivity index (χ1n) is 5.58. The largest absolute Gasteiger partial charge is 0.403 e. The van der Waals surface area contributed by atoms with E-state index in [9.17, 15) is 17.6 Å². The van der Waals surface area contributed by atoms with E-state index in [1.807, 2.05) is 0 Å². The van der Waals surface area contributed by atoms with E-state index >= 15 is 0 Å². The molecule has 6 heteroatoms. The van der Waals surface area contributed by atoms with E-state index in [4.69, 9.17) is 5.73 Å². The number of alkyl halides is 4. The summed E-state index contributed by atoms with van der Waals surface area (Å²) in [5.74, 6) is -0.473. The molecule has 2 rings (SSSR count). The molecule has 0 spiro atoms. The van der Waals surface area contributed by atoms with Gasteiger partial charge in [-0.05, 0) is 31.6 Å². The molecule has 0 aliphatic heterocycles. The lowest BCUT2D eigenvalue weighted by atomic mass is 9.74. The van der Waals surface area contributed by atoms with Crippen molar-refractivity contribution in [3.8, 4) is 0 Å². The molecular weight excluding hydrogens is 224 g/mol. The van der Waals surface area contributed by atoms with Crippen LogP contribution in [-0.2, 0) is 0 Å². The van der Waals surface area contributed by atoms with Gasteiger partial charge in [0.15, 0.2) is 0 Å². The summed E-state index contributed by atoms with van der Waals surface area (Å²) in [5.41, 5.74) is 5.10. The molecule has 2 saturated carbocycles. The molecule has 16 heavy (non-hydrogen) atoms. The summed E-state index contributed by atoms with van der Waals surface area (Å²) in [7, 11) is 0. The zero-order valence-corrected chi connectivity index (χ0v) is 8.80. The lowest BCUT2D eigenvalue weighted by Gasteiger charge is -2.44. The molecule has 0 amide bonds. The molecule has 94 valence electrons. The van der Waals surface area contributed by atoms with E-state index in [2.05, 4.69) is 5.32 Å². The summed E-state index contributed by atoms with van der Waals surface area (Å²) in [5, 5.41) is 3.16. The van der Waals surface area contributed by atoms with Crippen LogP contribution in [0.25, 0.3) is 0 Å². The molecule has 1 unspecified atom stereocenters. The molecule has 0 aromatic rings. The molecule has 2 fully saturated rings. The summed E-state index contributed by atoms with van der Waals surface area (Å²) < 4.78 is 49.2. The molecule has 3 N–H and O–H groups in total. The standard InChI is InChI=1S/C10H16F4N2/c11-6-3-8(4-6)16-7-1-5(2-7)9(15)10(12,13)14/h5-9,16H,1-4,15H2. The molecule has 0 aromatic carbocycles. The van der Waals surface area contributed by atoms with Crippen LogP contribution in [0.2, 0.25) is 0 Å². The van der Waals surface area contributed by atoms with Crippen molar-refractivity contribution in [3.63, 3.8) is 0 Å². The van der Waals surface area contributed by atoms with Crippen molar-refractivity contribution >= 4 is 0 Å². The van der Waals surface area contributed by atoms with Crippen molar-refractivity contribution in [3.05, 3.63) is 0 Å². The van der Waals surface area contributed by atoms with Crippen molar-refractivity contribution < 1.29 is 17.6 Å². The predicted octanol–water partition coefficient (Wildman–Crippen LogP) is 1.74. The van der Waals surface area contributed by atoms with Crippen molar-refractivity contribution in [2.75, 3.05) is 0 Å². The van der Waals surface area contributed by atoms with E-state index in [1.165, 1.54) is 0 Å². The van der Waals surface area contributed by atoms with Gasteiger partial charge in [0, 0.05) is 12.1 Å². The van der Waals surface area contributed by atoms with Gasteiger partial charge in [0.1, 0.15) is 12.2 Å². The van der Waals surface area contributed by atoms with Crippen molar-refractivity contribution in [2.45, 2.75) is 56.2 Å². The zero-order valence-electron chi connectivity index (χ0n) is 8.80. The first-order chi connectivity index (χ1) is 7.36. The number of halogens is 4. The monoisotopic (exact) mass is 240 g/mol. The SMILES string of the molecule is NC(C1CC(NC2CC(F)C2)C1)C(F)(F)F. The second-order valence-electron chi connectivity index (χ2n) is 4.93. The van der Waals surface area contributed by atoms with Crippen molar-refractivity contribution in [1.82, 2.24) is 5.32 Å². The average Bonchev–Trinajstić information content (AvgIpc) is 2.04. The Morgan fingerprint density at radius 3 is 2.00 bits per heavy atom. The van der Waals surface area contributed by atoms with E-state index in [0.29, 0.717) is 25.7 Å². The van der Waals surface area contributed by atoms with Crippen LogP contribution in [0.3, 0.4) is 0 Å². The normalized spacial score (nSPS) is 41.1. The van der Waals surface area contributed by atoms with Gasteiger partial charge in [-0.25, -0.2) is 4.39 Å². The van der Waals surface area contributed by atoms with Gasteiger partial charge in [-0.1, -0.05) is 0 Å². The Hall–Kier alpha value is -0.360. The van der Waals surface area contributed by atoms with Crippen LogP contribution in [0.5, 0.6) is 0 Å². The number of hydrogen-bond donors (Lipinski definition) is 2. The molecule has 1 atom stereocenters. The highest BCUT2D eigenvalue weighted by atomic mass is 19.4. The fourth-order valence-corrected chi connectivity index (χ4v) is 2.38. The van der Waals surface area contributed by atoms with Gasteiger partial charge in [-0.15, -0.1) is 0 Å². The first-order valence-corrected chi connectivity index (χ1v) is 5.58. The minimum atomic E-state index is -4.30. The van der Waals surface area contributed by atoms with Crippen LogP contribution >= 0.6 is 0 Å². The molecule has 0 aromatic heterocycles. The maximum Gasteiger partial charge on any atom is 0.403 e. The van der Waals surface area contributed by atoms with E-state index in [0.717, 1.165) is 0 Å². The third-order valence-corrected chi connectivity index (χ3v) is 3.61. The maximum atomic E-state index is 12.5. The Kier molecular flexibility index (Phi) is 3.13. The van der Waals surface area contributed by atoms with Gasteiger partial charge >= 0.3 is 6.18 Å². The van der Waals surface area contributed by atoms with Crippen LogP contribution in [0, 0.1) is 5.92 Å². The van der Waals surface area contributed by atoms with Crippen LogP contribution in [0.1, 0.15) is 25.7 Å². The van der Waals surface area contributed by atoms with Gasteiger partial charge in [-0.3, -0.25) is 0 Å². The molecule has 0 heterocycles. The summed E-state index contributed by atoms with van der Waals surface area (Å²) >= 11 is 0. The first kappa shape index (κ1) is 12.1. The lowest BCUT2D eigenvalue weighted by Crippen LogP contribution is -2.57. The quantitative estimate of drug-likeness (QED) is 0.737. The van der Waals surface area contributed by atoms with Gasteiger partial charge < -0.3 is 11.1 Å². The highest BCUT2D eigenvalue weighted by Crippen LogP contribution is 2.37. The zero-order chi connectivity index (χ0) is 11.9. The summed E-state index contributed by atoms with van der Waals surface area (Å²) in [6.07, 6.45) is -3.14. The van der Waals surface area contributed by atoms with Crippen LogP contribution in [0.4, 0.5) is 17.6 Å². The maximum absolute atomic E-state index is 12.5. The summed E-state index contributed by atoms with van der Waals surface area (Å²) in [6.45, 7) is 0. The molecular formula is C10H16F4N2. The van der Waals surface area contributed by atoms with Gasteiger partial charge in [0.05, 0.1) is 0 Å². The number of hydrogen-bond acceptors (Lipinski definition) is 2. The summed E-state index contributed by atoms with van der Waals surface area (Å²) in [6, 6.07) is -1.46. The molecule has 0 bridgehead atoms. The lowest BCUT2D eigenvalue weighted by molar-refractivity contribution is -0.167. The minimum Gasteiger partial charge on any atom is -0.320 e. The number of nitrogens with one attached hydrogen (secondary N) is 1. The Morgan fingerprint density at radius 1 is 1.06 bits per heavy atom. The van der Waals surface area contributed by atoms with Crippen LogP contribution in [0.15, 0.2) is 0 Å². The Labute approximate surface area is 91.6 Å². The van der Waals surface area contributed by atoms with Crippen LogP contribution in [-0.4, -0.2) is 30.5 Å². The highest BCUT2D eigenvalue weighted by Gasteiger charge is 2.47. The van der Waals surface area contributed by atoms with E-state index in [1.54, 1.807) is 0 Å². The van der Waals surface area contributed by atoms with Gasteiger partial charge in [0.25, 0.3) is 0 Å². The van der Waals surface area contributed by atoms with E-state index < -0.39 is 24.3 Å². The molecule has 2 aliphatic carbocycles. The topological polar surface area (TPSA) is 38.0 Å². The fraction of sp³-hybridized carbons (Fsp3) is 1.00. The molecule has 2 nitrogen and oxygen atoms in total. The average molecular weight is 240 g/mol. The van der Waals surface area contributed by atoms with Crippen molar-refractivity contribution in [2.24, 2.45) is 11.7 Å². The number of rotatable bonds is 3. The second kappa shape index (κ2) is 4.14. The predicted molar refractivity (Wildman–Crippen MR) is 51.6 cm³/mol. The number of nitrogens with two attached hydrogens (primary N) is 1. The highest BCUT2D eigenvalue weighted by molar-refractivity contribution is 4.97. The third kappa shape index (κ3) is 2.48. The Bertz CT molecular complexity index is 244.